The summed E-state index contributed by atoms with van der Waals surface area (Å²) in [7, 11) is 0. The maximum Gasteiger partial charge on any atom is 0.251 e. The molecule has 0 atom stereocenters. The van der Waals surface area contributed by atoms with E-state index in [1.165, 1.54) is 0 Å². The second-order valence-corrected chi connectivity index (χ2v) is 5.77. The van der Waals surface area contributed by atoms with Crippen molar-refractivity contribution >= 4 is 29.1 Å². The molecule has 0 saturated carbocycles. The Kier molecular flexibility index (Phi) is 5.38. The number of hydrogen-bond donors (Lipinski definition) is 3. The van der Waals surface area contributed by atoms with Crippen LogP contribution in [0.15, 0.2) is 59.7 Å². The molecule has 0 aliphatic carbocycles. The monoisotopic (exact) mass is 350 g/mol. The highest BCUT2D eigenvalue weighted by atomic mass is 16.2. The summed E-state index contributed by atoms with van der Waals surface area (Å²) in [5.41, 5.74) is 5.27. The maximum absolute atomic E-state index is 12.0. The van der Waals surface area contributed by atoms with Crippen molar-refractivity contribution < 1.29 is 14.4 Å². The van der Waals surface area contributed by atoms with Crippen molar-refractivity contribution in [1.82, 2.24) is 10.7 Å². The molecule has 0 bridgehead atoms. The average Bonchev–Trinajstić information content (AvgIpc) is 2.68. The van der Waals surface area contributed by atoms with E-state index in [0.29, 0.717) is 24.1 Å². The van der Waals surface area contributed by atoms with Gasteiger partial charge in [-0.15, -0.1) is 0 Å². The van der Waals surface area contributed by atoms with Crippen molar-refractivity contribution in [3.8, 4) is 0 Å². The van der Waals surface area contributed by atoms with E-state index in [1.807, 2.05) is 18.2 Å². The SMILES string of the molecule is O=C1CCC(c2ccc(NC(=O)CNC(=O)c3ccccc3)cc2)=NN1. The largest absolute Gasteiger partial charge is 0.343 e. The lowest BCUT2D eigenvalue weighted by Crippen LogP contribution is -2.32. The second kappa shape index (κ2) is 8.06. The van der Waals surface area contributed by atoms with Gasteiger partial charge in [-0.1, -0.05) is 30.3 Å². The number of carbonyl (C=O) groups excluding carboxylic acids is 3. The number of benzene rings is 2. The van der Waals surface area contributed by atoms with Gasteiger partial charge in [-0.3, -0.25) is 14.4 Å². The third kappa shape index (κ3) is 4.54. The van der Waals surface area contributed by atoms with Crippen LogP contribution in [0.3, 0.4) is 0 Å². The maximum atomic E-state index is 12.0. The fourth-order valence-electron chi connectivity index (χ4n) is 2.49. The first-order valence-electron chi connectivity index (χ1n) is 8.21. The van der Waals surface area contributed by atoms with E-state index < -0.39 is 0 Å². The standard InChI is InChI=1S/C19H18N4O3/c24-17-11-10-16(22-23-17)13-6-8-15(9-7-13)21-18(25)12-20-19(26)14-4-2-1-3-5-14/h1-9H,10-12H2,(H,20,26)(H,21,25)(H,23,24). The topological polar surface area (TPSA) is 99.7 Å². The van der Waals surface area contributed by atoms with Crippen LogP contribution in [-0.2, 0) is 9.59 Å². The van der Waals surface area contributed by atoms with Crippen LogP contribution in [-0.4, -0.2) is 30.0 Å². The molecule has 3 rings (SSSR count). The molecule has 0 spiro atoms. The van der Waals surface area contributed by atoms with E-state index >= 15 is 0 Å². The van der Waals surface area contributed by atoms with Crippen molar-refractivity contribution in [2.45, 2.75) is 12.8 Å². The summed E-state index contributed by atoms with van der Waals surface area (Å²) in [6, 6.07) is 15.9. The van der Waals surface area contributed by atoms with Gasteiger partial charge in [0.2, 0.25) is 11.8 Å². The van der Waals surface area contributed by atoms with Crippen molar-refractivity contribution in [1.29, 1.82) is 0 Å². The van der Waals surface area contributed by atoms with Gasteiger partial charge in [0.05, 0.1) is 12.3 Å². The summed E-state index contributed by atoms with van der Waals surface area (Å²) < 4.78 is 0. The summed E-state index contributed by atoms with van der Waals surface area (Å²) in [6.07, 6.45) is 1.00. The molecule has 3 N–H and O–H groups in total. The molecule has 7 nitrogen and oxygen atoms in total. The molecular formula is C19H18N4O3. The summed E-state index contributed by atoms with van der Waals surface area (Å²) in [5, 5.41) is 9.33. The van der Waals surface area contributed by atoms with E-state index in [9.17, 15) is 14.4 Å². The summed E-state index contributed by atoms with van der Waals surface area (Å²) >= 11 is 0. The highest BCUT2D eigenvalue weighted by Crippen LogP contribution is 2.14. The molecular weight excluding hydrogens is 332 g/mol. The van der Waals surface area contributed by atoms with Gasteiger partial charge < -0.3 is 10.6 Å². The predicted octanol–water partition coefficient (Wildman–Crippen LogP) is 1.67. The van der Waals surface area contributed by atoms with Gasteiger partial charge in [-0.25, -0.2) is 5.43 Å². The quantitative estimate of drug-likeness (QED) is 0.765. The first-order valence-corrected chi connectivity index (χ1v) is 8.21. The molecule has 1 aliphatic heterocycles. The van der Waals surface area contributed by atoms with Gasteiger partial charge in [0, 0.05) is 24.1 Å². The Morgan fingerprint density at radius 1 is 1.00 bits per heavy atom. The van der Waals surface area contributed by atoms with Crippen LogP contribution in [0, 0.1) is 0 Å². The molecule has 2 aromatic carbocycles. The molecule has 0 saturated heterocycles. The van der Waals surface area contributed by atoms with Crippen LogP contribution in [0.25, 0.3) is 0 Å². The van der Waals surface area contributed by atoms with Crippen molar-refractivity contribution in [2.24, 2.45) is 5.10 Å². The van der Waals surface area contributed by atoms with Gasteiger partial charge in [0.1, 0.15) is 0 Å². The molecule has 0 aromatic heterocycles. The summed E-state index contributed by atoms with van der Waals surface area (Å²) in [4.78, 5) is 35.0. The zero-order valence-corrected chi connectivity index (χ0v) is 14.0. The van der Waals surface area contributed by atoms with E-state index in [0.717, 1.165) is 11.3 Å². The Morgan fingerprint density at radius 2 is 1.73 bits per heavy atom. The zero-order valence-electron chi connectivity index (χ0n) is 14.0. The zero-order chi connectivity index (χ0) is 18.4. The van der Waals surface area contributed by atoms with Crippen molar-refractivity contribution in [3.63, 3.8) is 0 Å². The summed E-state index contributed by atoms with van der Waals surface area (Å²) in [6.45, 7) is -0.117. The number of rotatable bonds is 5. The lowest BCUT2D eigenvalue weighted by molar-refractivity contribution is -0.121. The first-order chi connectivity index (χ1) is 12.6. The molecule has 132 valence electrons. The number of amides is 3. The van der Waals surface area contributed by atoms with Crippen LogP contribution in [0.2, 0.25) is 0 Å². The number of hydrazone groups is 1. The minimum atomic E-state index is -0.315. The van der Waals surface area contributed by atoms with Gasteiger partial charge in [0.15, 0.2) is 0 Å². The fourth-order valence-corrected chi connectivity index (χ4v) is 2.49. The molecule has 7 heteroatoms. The van der Waals surface area contributed by atoms with Gasteiger partial charge in [0.25, 0.3) is 5.91 Å². The second-order valence-electron chi connectivity index (χ2n) is 5.77. The molecule has 0 unspecified atom stereocenters. The number of carbonyl (C=O) groups is 3. The Hall–Kier alpha value is -3.48. The number of anilines is 1. The minimum absolute atomic E-state index is 0.0878. The van der Waals surface area contributed by atoms with Crippen molar-refractivity contribution in [2.75, 3.05) is 11.9 Å². The van der Waals surface area contributed by atoms with Gasteiger partial charge in [-0.05, 0) is 29.8 Å². The smallest absolute Gasteiger partial charge is 0.251 e. The van der Waals surface area contributed by atoms with E-state index in [4.69, 9.17) is 0 Å². The van der Waals surface area contributed by atoms with Crippen molar-refractivity contribution in [3.05, 3.63) is 65.7 Å². The Balaban J connectivity index is 1.51. The molecule has 0 fully saturated rings. The molecule has 3 amide bonds. The highest BCUT2D eigenvalue weighted by molar-refractivity contribution is 6.04. The molecule has 0 radical (unpaired) electrons. The third-order valence-corrected chi connectivity index (χ3v) is 3.85. The van der Waals surface area contributed by atoms with E-state index in [2.05, 4.69) is 21.2 Å². The third-order valence-electron chi connectivity index (χ3n) is 3.85. The number of hydrogen-bond acceptors (Lipinski definition) is 4. The molecule has 1 heterocycles. The first kappa shape index (κ1) is 17.3. The van der Waals surface area contributed by atoms with E-state index in [-0.39, 0.29) is 24.3 Å². The number of nitrogens with one attached hydrogen (secondary N) is 3. The molecule has 1 aliphatic rings. The predicted molar refractivity (Wildman–Crippen MR) is 97.8 cm³/mol. The Bertz CT molecular complexity index is 845. The van der Waals surface area contributed by atoms with Gasteiger partial charge in [-0.2, -0.15) is 5.10 Å². The molecule has 2 aromatic rings. The van der Waals surface area contributed by atoms with Crippen LogP contribution in [0.5, 0.6) is 0 Å². The fraction of sp³-hybridized carbons (Fsp3) is 0.158. The Morgan fingerprint density at radius 3 is 2.38 bits per heavy atom. The lowest BCUT2D eigenvalue weighted by Gasteiger charge is -2.12. The van der Waals surface area contributed by atoms with E-state index in [1.54, 1.807) is 36.4 Å². The van der Waals surface area contributed by atoms with Crippen LogP contribution in [0.1, 0.15) is 28.8 Å². The lowest BCUT2D eigenvalue weighted by atomic mass is 10.0. The minimum Gasteiger partial charge on any atom is -0.343 e. The van der Waals surface area contributed by atoms with Crippen LogP contribution < -0.4 is 16.1 Å². The summed E-state index contributed by atoms with van der Waals surface area (Å²) in [5.74, 6) is -0.701. The molecule has 26 heavy (non-hydrogen) atoms. The normalized spacial score (nSPS) is 13.4. The van der Waals surface area contributed by atoms with Crippen LogP contribution in [0.4, 0.5) is 5.69 Å². The van der Waals surface area contributed by atoms with Crippen LogP contribution >= 0.6 is 0 Å². The number of nitrogens with zero attached hydrogens (tertiary/aromatic N) is 1. The highest BCUT2D eigenvalue weighted by Gasteiger charge is 2.13. The average molecular weight is 350 g/mol. The Labute approximate surface area is 150 Å². The van der Waals surface area contributed by atoms with Gasteiger partial charge >= 0.3 is 0 Å².